The van der Waals surface area contributed by atoms with Crippen molar-refractivity contribution in [3.63, 3.8) is 0 Å². The molecule has 0 spiro atoms. The average molecular weight is 534 g/mol. The molecule has 0 bridgehead atoms. The molecule has 38 heavy (non-hydrogen) atoms. The number of benzene rings is 1. The summed E-state index contributed by atoms with van der Waals surface area (Å²) in [6.07, 6.45) is -0.954. The van der Waals surface area contributed by atoms with Crippen molar-refractivity contribution in [2.45, 2.75) is 44.3 Å². The van der Waals surface area contributed by atoms with Crippen molar-refractivity contribution in [3.05, 3.63) is 59.6 Å². The predicted molar refractivity (Wildman–Crippen MR) is 130 cm³/mol. The van der Waals surface area contributed by atoms with Crippen LogP contribution in [0.1, 0.15) is 59.4 Å². The van der Waals surface area contributed by atoms with E-state index in [0.29, 0.717) is 36.9 Å². The first-order valence-corrected chi connectivity index (χ1v) is 12.4. The first kappa shape index (κ1) is 27.3. The van der Waals surface area contributed by atoms with Crippen molar-refractivity contribution < 1.29 is 27.2 Å². The van der Waals surface area contributed by atoms with Crippen molar-refractivity contribution in [2.24, 2.45) is 5.92 Å². The van der Waals surface area contributed by atoms with Crippen molar-refractivity contribution in [3.8, 4) is 5.69 Å². The van der Waals surface area contributed by atoms with E-state index in [1.807, 2.05) is 19.0 Å². The second kappa shape index (κ2) is 11.8. The Bertz CT molecular complexity index is 1230. The van der Waals surface area contributed by atoms with Gasteiger partial charge in [0, 0.05) is 31.1 Å². The van der Waals surface area contributed by atoms with Gasteiger partial charge in [-0.25, -0.2) is 4.68 Å². The lowest BCUT2D eigenvalue weighted by Gasteiger charge is -2.25. The van der Waals surface area contributed by atoms with Crippen LogP contribution in [0.25, 0.3) is 5.69 Å². The normalized spacial score (nSPS) is 17.9. The fourth-order valence-corrected chi connectivity index (χ4v) is 4.43. The molecule has 10 nitrogen and oxygen atoms in total. The van der Waals surface area contributed by atoms with Crippen LogP contribution in [0.4, 0.5) is 13.2 Å². The lowest BCUT2D eigenvalue weighted by atomic mass is 9.81. The average Bonchev–Trinajstić information content (AvgIpc) is 3.54. The quantitative estimate of drug-likeness (QED) is 0.406. The van der Waals surface area contributed by atoms with Gasteiger partial charge in [-0.15, -0.1) is 10.2 Å². The number of hydrogen-bond donors (Lipinski definition) is 2. The van der Waals surface area contributed by atoms with Crippen LogP contribution >= 0.6 is 0 Å². The van der Waals surface area contributed by atoms with Gasteiger partial charge in [0.1, 0.15) is 0 Å². The zero-order valence-corrected chi connectivity index (χ0v) is 21.2. The van der Waals surface area contributed by atoms with Gasteiger partial charge >= 0.3 is 6.18 Å². The highest BCUT2D eigenvalue weighted by Crippen LogP contribution is 2.35. The molecule has 0 radical (unpaired) electrons. The summed E-state index contributed by atoms with van der Waals surface area (Å²) in [6.45, 7) is 0.634. The van der Waals surface area contributed by atoms with Crippen LogP contribution in [0.2, 0.25) is 0 Å². The van der Waals surface area contributed by atoms with E-state index in [0.717, 1.165) is 23.7 Å². The van der Waals surface area contributed by atoms with Gasteiger partial charge in [-0.05, 0) is 51.9 Å². The molecule has 2 aromatic heterocycles. The molecule has 0 aliphatic heterocycles. The lowest BCUT2D eigenvalue weighted by Crippen LogP contribution is -2.38. The summed E-state index contributed by atoms with van der Waals surface area (Å²) >= 11 is 0. The van der Waals surface area contributed by atoms with Crippen LogP contribution in [0, 0.1) is 5.92 Å². The van der Waals surface area contributed by atoms with Crippen molar-refractivity contribution in [1.82, 2.24) is 35.5 Å². The second-order valence-electron chi connectivity index (χ2n) is 9.54. The van der Waals surface area contributed by atoms with E-state index in [-0.39, 0.29) is 30.8 Å². The smallest absolute Gasteiger partial charge is 0.424 e. The van der Waals surface area contributed by atoms with E-state index >= 15 is 0 Å². The maximum Gasteiger partial charge on any atom is 0.435 e. The Morgan fingerprint density at radius 2 is 1.74 bits per heavy atom. The molecule has 4 rings (SSSR count). The SMILES string of the molecule is CN(C)Cc1nnc(C2CCC(C(=O)NCCNC(=O)c3cn(-c4ccccc4)nc3C(F)(F)F)CC2)o1. The first-order valence-electron chi connectivity index (χ1n) is 12.4. The van der Waals surface area contributed by atoms with Crippen LogP contribution in [0.3, 0.4) is 0 Å². The summed E-state index contributed by atoms with van der Waals surface area (Å²) < 4.78 is 47.3. The fraction of sp³-hybridized carbons (Fsp3) is 0.480. The highest BCUT2D eigenvalue weighted by Gasteiger charge is 2.39. The van der Waals surface area contributed by atoms with Crippen molar-refractivity contribution >= 4 is 11.8 Å². The molecule has 1 aliphatic carbocycles. The highest BCUT2D eigenvalue weighted by atomic mass is 19.4. The summed E-state index contributed by atoms with van der Waals surface area (Å²) in [5.41, 5.74) is -1.46. The molecule has 2 N–H and O–H groups in total. The summed E-state index contributed by atoms with van der Waals surface area (Å²) in [7, 11) is 3.83. The summed E-state index contributed by atoms with van der Waals surface area (Å²) in [4.78, 5) is 27.1. The number of hydrogen-bond acceptors (Lipinski definition) is 7. The van der Waals surface area contributed by atoms with Gasteiger partial charge in [0.15, 0.2) is 5.69 Å². The van der Waals surface area contributed by atoms with Gasteiger partial charge in [0.2, 0.25) is 17.7 Å². The number of nitrogens with zero attached hydrogens (tertiary/aromatic N) is 5. The van der Waals surface area contributed by atoms with Crippen LogP contribution in [-0.4, -0.2) is 63.9 Å². The molecule has 204 valence electrons. The molecule has 1 aliphatic rings. The molecule has 0 unspecified atom stereocenters. The number of aromatic nitrogens is 4. The minimum absolute atomic E-state index is 0.0234. The zero-order chi connectivity index (χ0) is 27.3. The number of rotatable bonds is 9. The topological polar surface area (TPSA) is 118 Å². The van der Waals surface area contributed by atoms with E-state index in [1.54, 1.807) is 30.3 Å². The summed E-state index contributed by atoms with van der Waals surface area (Å²) in [5.74, 6) is 0.0132. The number of carbonyl (C=O) groups is 2. The van der Waals surface area contributed by atoms with Gasteiger partial charge in [-0.3, -0.25) is 9.59 Å². The zero-order valence-electron chi connectivity index (χ0n) is 21.2. The molecule has 2 heterocycles. The van der Waals surface area contributed by atoms with Crippen LogP contribution < -0.4 is 10.6 Å². The Kier molecular flexibility index (Phi) is 8.45. The second-order valence-corrected chi connectivity index (χ2v) is 9.54. The van der Waals surface area contributed by atoms with Gasteiger partial charge in [0.25, 0.3) is 5.91 Å². The van der Waals surface area contributed by atoms with Gasteiger partial charge < -0.3 is 20.0 Å². The number of amides is 2. The molecule has 1 saturated carbocycles. The number of para-hydroxylation sites is 1. The monoisotopic (exact) mass is 533 g/mol. The van der Waals surface area contributed by atoms with Crippen LogP contribution in [0.5, 0.6) is 0 Å². The van der Waals surface area contributed by atoms with Crippen LogP contribution in [0.15, 0.2) is 40.9 Å². The Morgan fingerprint density at radius 3 is 2.39 bits per heavy atom. The van der Waals surface area contributed by atoms with E-state index in [2.05, 4.69) is 25.9 Å². The predicted octanol–water partition coefficient (Wildman–Crippen LogP) is 3.16. The molecule has 2 amide bonds. The summed E-state index contributed by atoms with van der Waals surface area (Å²) in [5, 5.41) is 17.0. The standard InChI is InChI=1S/C25H30F3N7O3/c1-34(2)15-20-31-32-24(38-20)17-10-8-16(9-11-17)22(36)29-12-13-30-23(37)19-14-35(18-6-4-3-5-7-18)33-21(19)25(26,27)28/h3-7,14,16-17H,8-13,15H2,1-2H3,(H,29,36)(H,30,37). The summed E-state index contributed by atoms with van der Waals surface area (Å²) in [6, 6.07) is 8.21. The molecular formula is C25H30F3N7O3. The third kappa shape index (κ3) is 6.77. The Morgan fingerprint density at radius 1 is 1.05 bits per heavy atom. The third-order valence-corrected chi connectivity index (χ3v) is 6.34. The number of halogens is 3. The number of alkyl halides is 3. The maximum atomic E-state index is 13.5. The van der Waals surface area contributed by atoms with E-state index < -0.39 is 23.3 Å². The van der Waals surface area contributed by atoms with Gasteiger partial charge in [0.05, 0.1) is 17.8 Å². The van der Waals surface area contributed by atoms with Gasteiger partial charge in [-0.2, -0.15) is 18.3 Å². The largest absolute Gasteiger partial charge is 0.435 e. The van der Waals surface area contributed by atoms with Crippen molar-refractivity contribution in [2.75, 3.05) is 27.2 Å². The van der Waals surface area contributed by atoms with Gasteiger partial charge in [-0.1, -0.05) is 18.2 Å². The molecule has 13 heteroatoms. The number of carbonyl (C=O) groups excluding carboxylic acids is 2. The maximum absolute atomic E-state index is 13.5. The third-order valence-electron chi connectivity index (χ3n) is 6.34. The molecule has 1 aromatic carbocycles. The minimum atomic E-state index is -4.80. The molecule has 1 fully saturated rings. The Balaban J connectivity index is 1.24. The van der Waals surface area contributed by atoms with E-state index in [1.165, 1.54) is 0 Å². The first-order chi connectivity index (χ1) is 18.1. The lowest BCUT2D eigenvalue weighted by molar-refractivity contribution is -0.141. The Labute approximate surface area is 217 Å². The van der Waals surface area contributed by atoms with Crippen molar-refractivity contribution in [1.29, 1.82) is 0 Å². The molecule has 0 atom stereocenters. The van der Waals surface area contributed by atoms with E-state index in [9.17, 15) is 22.8 Å². The minimum Gasteiger partial charge on any atom is -0.424 e. The molecular weight excluding hydrogens is 503 g/mol. The molecule has 3 aromatic rings. The number of nitrogens with one attached hydrogen (secondary N) is 2. The van der Waals surface area contributed by atoms with Crippen LogP contribution in [-0.2, 0) is 17.5 Å². The molecule has 0 saturated heterocycles. The fourth-order valence-electron chi connectivity index (χ4n) is 4.43. The van der Waals surface area contributed by atoms with E-state index in [4.69, 9.17) is 4.42 Å². The Hall–Kier alpha value is -3.74. The highest BCUT2D eigenvalue weighted by molar-refractivity contribution is 5.95.